The summed E-state index contributed by atoms with van der Waals surface area (Å²) >= 11 is 0. The van der Waals surface area contributed by atoms with Crippen molar-refractivity contribution >= 4 is 23.5 Å². The molecule has 0 saturated carbocycles. The minimum absolute atomic E-state index is 0.738. The fourth-order valence-electron chi connectivity index (χ4n) is 3.31. The number of hydrogen-bond donors (Lipinski definition) is 0. The molecule has 0 atom stereocenters. The Morgan fingerprint density at radius 1 is 0.615 bits per heavy atom. The summed E-state index contributed by atoms with van der Waals surface area (Å²) in [5.41, 5.74) is 7.80. The van der Waals surface area contributed by atoms with E-state index in [-0.39, 0.29) is 0 Å². The molecule has 0 amide bonds. The molecule has 0 spiro atoms. The smallest absolute Gasteiger partial charge is 0.211 e. The number of carbonyl (C=O) groups excluding carboxylic acids is 2. The third-order valence-electron chi connectivity index (χ3n) is 4.71. The molecule has 134 valence electrons. The molecule has 2 aromatic rings. The molecule has 2 rings (SSSR count). The summed E-state index contributed by atoms with van der Waals surface area (Å²) in [5, 5.41) is 0. The first-order valence-corrected chi connectivity index (χ1v) is 9.10. The van der Waals surface area contributed by atoms with E-state index in [0.29, 0.717) is 0 Å². The lowest BCUT2D eigenvalue weighted by Gasteiger charge is -2.15. The van der Waals surface area contributed by atoms with Crippen LogP contribution in [-0.2, 0) is 35.3 Å². The highest BCUT2D eigenvalue weighted by atomic mass is 16.1. The Bertz CT molecular complexity index is 777. The van der Waals surface area contributed by atoms with Crippen LogP contribution in [0, 0.1) is 0 Å². The quantitative estimate of drug-likeness (QED) is 0.487. The van der Waals surface area contributed by atoms with E-state index in [9.17, 15) is 9.59 Å². The van der Waals surface area contributed by atoms with E-state index in [4.69, 9.17) is 0 Å². The Balaban J connectivity index is 2.75. The van der Waals surface area contributed by atoms with Gasteiger partial charge in [-0.2, -0.15) is 9.98 Å². The molecule has 0 fully saturated rings. The van der Waals surface area contributed by atoms with Crippen molar-refractivity contribution in [2.45, 2.75) is 53.4 Å². The van der Waals surface area contributed by atoms with Crippen molar-refractivity contribution in [3.63, 3.8) is 0 Å². The maximum absolute atomic E-state index is 10.8. The zero-order chi connectivity index (χ0) is 19.1. The SMILES string of the molecule is CCc1cc(-c2cc(CC)c(N=C=O)c(CC)c2)cc(CC)c1N=C=O. The van der Waals surface area contributed by atoms with Crippen molar-refractivity contribution in [1.29, 1.82) is 0 Å². The number of aryl methyl sites for hydroxylation is 4. The van der Waals surface area contributed by atoms with Gasteiger partial charge in [-0.15, -0.1) is 0 Å². The highest BCUT2D eigenvalue weighted by Gasteiger charge is 2.13. The van der Waals surface area contributed by atoms with E-state index in [2.05, 4.69) is 61.9 Å². The van der Waals surface area contributed by atoms with Gasteiger partial charge in [-0.3, -0.25) is 0 Å². The molecule has 26 heavy (non-hydrogen) atoms. The average molecular weight is 348 g/mol. The Kier molecular flexibility index (Phi) is 6.80. The summed E-state index contributed by atoms with van der Waals surface area (Å²) in [6, 6.07) is 8.36. The molecule has 2 aromatic carbocycles. The van der Waals surface area contributed by atoms with Crippen LogP contribution in [-0.4, -0.2) is 12.2 Å². The fraction of sp³-hybridized carbons (Fsp3) is 0.364. The average Bonchev–Trinajstić information content (AvgIpc) is 2.68. The van der Waals surface area contributed by atoms with Crippen molar-refractivity contribution in [2.24, 2.45) is 9.98 Å². The summed E-state index contributed by atoms with van der Waals surface area (Å²) in [4.78, 5) is 29.4. The second kappa shape index (κ2) is 9.05. The number of benzene rings is 2. The lowest BCUT2D eigenvalue weighted by atomic mass is 9.91. The molecule has 0 saturated heterocycles. The zero-order valence-electron chi connectivity index (χ0n) is 15.8. The molecular weight excluding hydrogens is 324 g/mol. The number of nitrogens with zero attached hydrogens (tertiary/aromatic N) is 2. The zero-order valence-corrected chi connectivity index (χ0v) is 15.8. The third-order valence-corrected chi connectivity index (χ3v) is 4.71. The van der Waals surface area contributed by atoms with Crippen LogP contribution in [0.3, 0.4) is 0 Å². The first kappa shape index (κ1) is 19.5. The van der Waals surface area contributed by atoms with Crippen molar-refractivity contribution in [1.82, 2.24) is 0 Å². The topological polar surface area (TPSA) is 58.9 Å². The van der Waals surface area contributed by atoms with Crippen molar-refractivity contribution in [3.8, 4) is 11.1 Å². The molecule has 0 aromatic heterocycles. The molecule has 0 aliphatic carbocycles. The van der Waals surface area contributed by atoms with Crippen LogP contribution in [0.1, 0.15) is 49.9 Å². The van der Waals surface area contributed by atoms with Gasteiger partial charge in [0, 0.05) is 0 Å². The molecule has 0 aliphatic heterocycles. The monoisotopic (exact) mass is 348 g/mol. The molecule has 0 unspecified atom stereocenters. The highest BCUT2D eigenvalue weighted by molar-refractivity contribution is 5.75. The summed E-state index contributed by atoms with van der Waals surface area (Å²) in [6.07, 6.45) is 6.50. The van der Waals surface area contributed by atoms with E-state index < -0.39 is 0 Å². The molecule has 0 aliphatic rings. The van der Waals surface area contributed by atoms with E-state index in [1.807, 2.05) is 0 Å². The van der Waals surface area contributed by atoms with Gasteiger partial charge in [0.2, 0.25) is 12.2 Å². The van der Waals surface area contributed by atoms with Gasteiger partial charge in [0.15, 0.2) is 0 Å². The number of isocyanates is 2. The van der Waals surface area contributed by atoms with Gasteiger partial charge in [-0.1, -0.05) is 27.7 Å². The molecular formula is C22H24N2O2. The number of rotatable bonds is 7. The van der Waals surface area contributed by atoms with E-state index in [1.165, 1.54) is 0 Å². The molecule has 4 nitrogen and oxygen atoms in total. The van der Waals surface area contributed by atoms with E-state index in [0.717, 1.165) is 70.4 Å². The van der Waals surface area contributed by atoms with E-state index >= 15 is 0 Å². The summed E-state index contributed by atoms with van der Waals surface area (Å²) < 4.78 is 0. The standard InChI is InChI=1S/C22H24N2O2/c1-5-15-9-19(10-16(6-2)21(15)23-13-25)20-11-17(7-3)22(24-14-26)18(8-4)12-20/h9-12H,5-8H2,1-4H3. The number of aliphatic imine (C=N–C) groups is 2. The fourth-order valence-corrected chi connectivity index (χ4v) is 3.31. The number of hydrogen-bond acceptors (Lipinski definition) is 4. The van der Waals surface area contributed by atoms with Crippen molar-refractivity contribution in [3.05, 3.63) is 46.5 Å². The lowest BCUT2D eigenvalue weighted by Crippen LogP contribution is -1.95. The van der Waals surface area contributed by atoms with Crippen LogP contribution in [0.5, 0.6) is 0 Å². The summed E-state index contributed by atoms with van der Waals surface area (Å²) in [7, 11) is 0. The van der Waals surface area contributed by atoms with E-state index in [1.54, 1.807) is 12.2 Å². The van der Waals surface area contributed by atoms with Crippen LogP contribution in [0.4, 0.5) is 11.4 Å². The summed E-state index contributed by atoms with van der Waals surface area (Å²) in [6.45, 7) is 8.22. The predicted octanol–water partition coefficient (Wildman–Crippen LogP) is 5.54. The van der Waals surface area contributed by atoms with Crippen LogP contribution >= 0.6 is 0 Å². The van der Waals surface area contributed by atoms with Crippen LogP contribution in [0.15, 0.2) is 34.3 Å². The van der Waals surface area contributed by atoms with Gasteiger partial charge in [-0.05, 0) is 83.3 Å². The maximum Gasteiger partial charge on any atom is 0.240 e. The predicted molar refractivity (Wildman–Crippen MR) is 105 cm³/mol. The molecule has 0 bridgehead atoms. The van der Waals surface area contributed by atoms with Crippen molar-refractivity contribution in [2.75, 3.05) is 0 Å². The first-order valence-electron chi connectivity index (χ1n) is 9.10. The van der Waals surface area contributed by atoms with Gasteiger partial charge >= 0.3 is 0 Å². The largest absolute Gasteiger partial charge is 0.240 e. The molecule has 0 heterocycles. The highest BCUT2D eigenvalue weighted by Crippen LogP contribution is 2.36. The molecule has 0 radical (unpaired) electrons. The molecule has 0 N–H and O–H groups in total. The van der Waals surface area contributed by atoms with Crippen LogP contribution in [0.25, 0.3) is 11.1 Å². The third kappa shape index (κ3) is 3.88. The summed E-state index contributed by atoms with van der Waals surface area (Å²) in [5.74, 6) is 0. The lowest BCUT2D eigenvalue weighted by molar-refractivity contribution is 0.564. The Morgan fingerprint density at radius 3 is 1.08 bits per heavy atom. The first-order chi connectivity index (χ1) is 12.6. The van der Waals surface area contributed by atoms with Gasteiger partial charge in [0.05, 0.1) is 11.4 Å². The molecule has 4 heteroatoms. The normalized spacial score (nSPS) is 10.2. The Labute approximate surface area is 154 Å². The van der Waals surface area contributed by atoms with Gasteiger partial charge in [0.1, 0.15) is 0 Å². The van der Waals surface area contributed by atoms with Crippen LogP contribution < -0.4 is 0 Å². The van der Waals surface area contributed by atoms with Gasteiger partial charge in [-0.25, -0.2) is 9.59 Å². The maximum atomic E-state index is 10.8. The van der Waals surface area contributed by atoms with Crippen molar-refractivity contribution < 1.29 is 9.59 Å². The minimum atomic E-state index is 0.738. The minimum Gasteiger partial charge on any atom is -0.211 e. The van der Waals surface area contributed by atoms with Crippen LogP contribution in [0.2, 0.25) is 0 Å². The van der Waals surface area contributed by atoms with Gasteiger partial charge in [0.25, 0.3) is 0 Å². The second-order valence-electron chi connectivity index (χ2n) is 6.11. The van der Waals surface area contributed by atoms with Gasteiger partial charge < -0.3 is 0 Å². The Hall–Kier alpha value is -2.80. The second-order valence-corrected chi connectivity index (χ2v) is 6.11. The Morgan fingerprint density at radius 2 is 0.885 bits per heavy atom.